The summed E-state index contributed by atoms with van der Waals surface area (Å²) in [4.78, 5) is 22.7. The van der Waals surface area contributed by atoms with Gasteiger partial charge in [-0.3, -0.25) is 20.4 Å². The smallest absolute Gasteiger partial charge is 0.241 e. The van der Waals surface area contributed by atoms with Gasteiger partial charge in [-0.15, -0.1) is 0 Å². The van der Waals surface area contributed by atoms with E-state index in [9.17, 15) is 9.59 Å². The Morgan fingerprint density at radius 1 is 1.12 bits per heavy atom. The number of nitrogens with two attached hydrogens (primary N) is 2. The lowest BCUT2D eigenvalue weighted by Crippen LogP contribution is -2.38. The molecule has 0 aliphatic carbocycles. The Labute approximate surface area is 92.9 Å². The first-order chi connectivity index (χ1) is 7.69. The van der Waals surface area contributed by atoms with Crippen molar-refractivity contribution in [3.05, 3.63) is 35.9 Å². The molecule has 0 saturated carbocycles. The molecular formula is C10H14N4O2. The zero-order chi connectivity index (χ0) is 12.0. The molecule has 0 aromatic heterocycles. The Balaban J connectivity index is 2.88. The normalized spacial score (nSPS) is 11.6. The van der Waals surface area contributed by atoms with Crippen molar-refractivity contribution in [1.29, 1.82) is 0 Å². The molecule has 2 amide bonds. The summed E-state index contributed by atoms with van der Waals surface area (Å²) in [6, 6.07) is 8.90. The highest BCUT2D eigenvalue weighted by Gasteiger charge is 2.22. The van der Waals surface area contributed by atoms with Crippen LogP contribution in [0.3, 0.4) is 0 Å². The average molecular weight is 222 g/mol. The van der Waals surface area contributed by atoms with Crippen LogP contribution >= 0.6 is 0 Å². The predicted molar refractivity (Wildman–Crippen MR) is 58.5 cm³/mol. The predicted octanol–water partition coefficient (Wildman–Crippen LogP) is -0.860. The number of hydrazine groups is 2. The van der Waals surface area contributed by atoms with E-state index in [1.54, 1.807) is 24.3 Å². The highest BCUT2D eigenvalue weighted by atomic mass is 16.2. The van der Waals surface area contributed by atoms with E-state index in [0.717, 1.165) is 0 Å². The summed E-state index contributed by atoms with van der Waals surface area (Å²) in [7, 11) is 0. The van der Waals surface area contributed by atoms with Crippen LogP contribution in [0.25, 0.3) is 0 Å². The van der Waals surface area contributed by atoms with Crippen LogP contribution < -0.4 is 22.5 Å². The molecule has 0 aliphatic rings. The number of nitrogens with one attached hydrogen (secondary N) is 2. The second-order valence-electron chi connectivity index (χ2n) is 3.24. The number of rotatable bonds is 4. The second kappa shape index (κ2) is 5.84. The fraction of sp³-hybridized carbons (Fsp3) is 0.200. The first-order valence-electron chi connectivity index (χ1n) is 4.74. The Kier molecular flexibility index (Phi) is 4.43. The van der Waals surface area contributed by atoms with Crippen LogP contribution in [0.15, 0.2) is 30.3 Å². The van der Waals surface area contributed by atoms with Gasteiger partial charge in [-0.25, -0.2) is 11.7 Å². The number of hydrogen-bond acceptors (Lipinski definition) is 4. The van der Waals surface area contributed by atoms with E-state index < -0.39 is 17.7 Å². The Morgan fingerprint density at radius 2 is 1.75 bits per heavy atom. The lowest BCUT2D eigenvalue weighted by Gasteiger charge is -2.14. The maximum atomic E-state index is 11.5. The minimum absolute atomic E-state index is 0.0381. The maximum Gasteiger partial charge on any atom is 0.241 e. The zero-order valence-electron chi connectivity index (χ0n) is 8.64. The summed E-state index contributed by atoms with van der Waals surface area (Å²) in [6.07, 6.45) is -0.0381. The molecule has 86 valence electrons. The van der Waals surface area contributed by atoms with Gasteiger partial charge in [0.15, 0.2) is 0 Å². The highest BCUT2D eigenvalue weighted by molar-refractivity contribution is 5.89. The zero-order valence-corrected chi connectivity index (χ0v) is 8.64. The molecule has 0 saturated heterocycles. The van der Waals surface area contributed by atoms with E-state index in [4.69, 9.17) is 11.7 Å². The van der Waals surface area contributed by atoms with Crippen LogP contribution in [-0.4, -0.2) is 11.8 Å². The third-order valence-electron chi connectivity index (χ3n) is 2.21. The van der Waals surface area contributed by atoms with E-state index in [1.807, 2.05) is 16.9 Å². The molecule has 16 heavy (non-hydrogen) atoms. The van der Waals surface area contributed by atoms with Gasteiger partial charge in [-0.2, -0.15) is 0 Å². The van der Waals surface area contributed by atoms with Gasteiger partial charge < -0.3 is 0 Å². The lowest BCUT2D eigenvalue weighted by atomic mass is 9.95. The van der Waals surface area contributed by atoms with Crippen LogP contribution in [0, 0.1) is 0 Å². The molecule has 0 bridgehead atoms. The van der Waals surface area contributed by atoms with Gasteiger partial charge in [-0.05, 0) is 5.56 Å². The summed E-state index contributed by atoms with van der Waals surface area (Å²) in [5, 5.41) is 0. The Bertz CT molecular complexity index is 366. The van der Waals surface area contributed by atoms with Crippen molar-refractivity contribution in [2.45, 2.75) is 12.3 Å². The molecule has 1 rings (SSSR count). The number of hydrogen-bond donors (Lipinski definition) is 4. The lowest BCUT2D eigenvalue weighted by molar-refractivity contribution is -0.127. The molecule has 0 heterocycles. The van der Waals surface area contributed by atoms with E-state index in [-0.39, 0.29) is 6.42 Å². The average Bonchev–Trinajstić information content (AvgIpc) is 2.35. The minimum Gasteiger partial charge on any atom is -0.294 e. The molecule has 0 fully saturated rings. The fourth-order valence-corrected chi connectivity index (χ4v) is 1.39. The second-order valence-corrected chi connectivity index (χ2v) is 3.24. The number of benzene rings is 1. The van der Waals surface area contributed by atoms with Crippen molar-refractivity contribution in [1.82, 2.24) is 10.9 Å². The maximum absolute atomic E-state index is 11.5. The van der Waals surface area contributed by atoms with E-state index in [0.29, 0.717) is 5.56 Å². The first-order valence-corrected chi connectivity index (χ1v) is 4.74. The quantitative estimate of drug-likeness (QED) is 0.302. The van der Waals surface area contributed by atoms with Crippen LogP contribution in [0.1, 0.15) is 17.9 Å². The minimum atomic E-state index is -0.630. The van der Waals surface area contributed by atoms with Gasteiger partial charge in [0.1, 0.15) is 0 Å². The number of carbonyl (C=O) groups is 2. The molecule has 1 aromatic rings. The van der Waals surface area contributed by atoms with Crippen molar-refractivity contribution < 1.29 is 9.59 Å². The molecule has 1 unspecified atom stereocenters. The molecule has 0 aliphatic heterocycles. The summed E-state index contributed by atoms with van der Waals surface area (Å²) >= 11 is 0. The summed E-state index contributed by atoms with van der Waals surface area (Å²) in [5.74, 6) is 8.57. The van der Waals surface area contributed by atoms with Crippen molar-refractivity contribution >= 4 is 11.8 Å². The molecule has 6 N–H and O–H groups in total. The third-order valence-corrected chi connectivity index (χ3v) is 2.21. The Morgan fingerprint density at radius 3 is 2.25 bits per heavy atom. The van der Waals surface area contributed by atoms with Gasteiger partial charge >= 0.3 is 0 Å². The highest BCUT2D eigenvalue weighted by Crippen LogP contribution is 2.19. The number of amides is 2. The fourth-order valence-electron chi connectivity index (χ4n) is 1.39. The van der Waals surface area contributed by atoms with Crippen molar-refractivity contribution in [2.75, 3.05) is 0 Å². The molecule has 6 heteroatoms. The largest absolute Gasteiger partial charge is 0.294 e. The molecule has 1 atom stereocenters. The summed E-state index contributed by atoms with van der Waals surface area (Å²) in [6.45, 7) is 0. The first kappa shape index (κ1) is 12.2. The van der Waals surface area contributed by atoms with Crippen LogP contribution in [0.5, 0.6) is 0 Å². The standard InChI is InChI=1S/C10H14N4O2/c11-13-9(15)6-8(10(16)14-12)7-4-2-1-3-5-7/h1-5,8H,6,11-12H2,(H,13,15)(H,14,16). The van der Waals surface area contributed by atoms with Crippen molar-refractivity contribution in [3.8, 4) is 0 Å². The number of carbonyl (C=O) groups excluding carboxylic acids is 2. The van der Waals surface area contributed by atoms with Crippen LogP contribution in [0.4, 0.5) is 0 Å². The molecule has 1 aromatic carbocycles. The van der Waals surface area contributed by atoms with Crippen LogP contribution in [-0.2, 0) is 9.59 Å². The third kappa shape index (κ3) is 3.04. The van der Waals surface area contributed by atoms with Crippen LogP contribution in [0.2, 0.25) is 0 Å². The molecule has 0 radical (unpaired) electrons. The van der Waals surface area contributed by atoms with Gasteiger partial charge in [0, 0.05) is 6.42 Å². The van der Waals surface area contributed by atoms with E-state index in [2.05, 4.69) is 0 Å². The molecular weight excluding hydrogens is 208 g/mol. The van der Waals surface area contributed by atoms with Gasteiger partial charge in [0.05, 0.1) is 5.92 Å². The van der Waals surface area contributed by atoms with E-state index >= 15 is 0 Å². The monoisotopic (exact) mass is 222 g/mol. The summed E-state index contributed by atoms with van der Waals surface area (Å²) < 4.78 is 0. The molecule has 0 spiro atoms. The SMILES string of the molecule is NNC(=O)CC(C(=O)NN)c1ccccc1. The van der Waals surface area contributed by atoms with Crippen molar-refractivity contribution in [3.63, 3.8) is 0 Å². The Hall–Kier alpha value is -1.92. The van der Waals surface area contributed by atoms with Gasteiger partial charge in [0.2, 0.25) is 11.8 Å². The van der Waals surface area contributed by atoms with E-state index in [1.165, 1.54) is 0 Å². The van der Waals surface area contributed by atoms with Crippen molar-refractivity contribution in [2.24, 2.45) is 11.7 Å². The topological polar surface area (TPSA) is 110 Å². The summed E-state index contributed by atoms with van der Waals surface area (Å²) in [5.41, 5.74) is 4.73. The van der Waals surface area contributed by atoms with Gasteiger partial charge in [0.25, 0.3) is 0 Å². The molecule has 6 nitrogen and oxygen atoms in total. The van der Waals surface area contributed by atoms with Gasteiger partial charge in [-0.1, -0.05) is 30.3 Å².